The summed E-state index contributed by atoms with van der Waals surface area (Å²) >= 11 is 5.66. The third-order valence-electron chi connectivity index (χ3n) is 4.09. The van der Waals surface area contributed by atoms with Crippen LogP contribution in [0.3, 0.4) is 0 Å². The second-order valence-electron chi connectivity index (χ2n) is 5.99. The molecule has 1 aromatic carbocycles. The van der Waals surface area contributed by atoms with Crippen molar-refractivity contribution in [2.24, 2.45) is 0 Å². The Morgan fingerprint density at radius 1 is 1.25 bits per heavy atom. The van der Waals surface area contributed by atoms with Crippen molar-refractivity contribution in [3.8, 4) is 0 Å². The molecule has 1 aromatic heterocycles. The van der Waals surface area contributed by atoms with E-state index in [1.54, 1.807) is 0 Å². The van der Waals surface area contributed by atoms with E-state index in [1.165, 1.54) is 34.8 Å². The van der Waals surface area contributed by atoms with Crippen LogP contribution in [0, 0.1) is 5.82 Å². The highest BCUT2D eigenvalue weighted by Crippen LogP contribution is 2.19. The zero-order chi connectivity index (χ0) is 20.3. The maximum Gasteiger partial charge on any atom is 0.271 e. The Balaban J connectivity index is 1.81. The molecule has 11 heteroatoms. The Hall–Kier alpha value is -2.27. The number of rotatable bonds is 5. The van der Waals surface area contributed by atoms with Gasteiger partial charge in [0.15, 0.2) is 0 Å². The number of carbonyl (C=O) groups is 1. The molecule has 1 amide bonds. The van der Waals surface area contributed by atoms with Crippen LogP contribution >= 0.6 is 11.6 Å². The molecular formula is C17H17ClFN3O5S. The highest BCUT2D eigenvalue weighted by Gasteiger charge is 2.29. The van der Waals surface area contributed by atoms with Gasteiger partial charge >= 0.3 is 0 Å². The smallest absolute Gasteiger partial charge is 0.271 e. The van der Waals surface area contributed by atoms with E-state index in [0.29, 0.717) is 0 Å². The van der Waals surface area contributed by atoms with E-state index < -0.39 is 38.7 Å². The molecular weight excluding hydrogens is 413 g/mol. The van der Waals surface area contributed by atoms with Gasteiger partial charge in [0.1, 0.15) is 17.3 Å². The molecule has 1 saturated heterocycles. The number of hydrogen-bond donors (Lipinski definition) is 1. The van der Waals surface area contributed by atoms with E-state index in [2.05, 4.69) is 5.32 Å². The topological polar surface area (TPSA) is 97.7 Å². The first-order valence-corrected chi connectivity index (χ1v) is 10.1. The van der Waals surface area contributed by atoms with E-state index in [9.17, 15) is 22.4 Å². The van der Waals surface area contributed by atoms with Gasteiger partial charge in [-0.1, -0.05) is 11.6 Å². The summed E-state index contributed by atoms with van der Waals surface area (Å²) in [5.41, 5.74) is -0.930. The Kier molecular flexibility index (Phi) is 6.14. The van der Waals surface area contributed by atoms with Crippen molar-refractivity contribution < 1.29 is 22.3 Å². The maximum absolute atomic E-state index is 13.8. The van der Waals surface area contributed by atoms with Gasteiger partial charge in [-0.3, -0.25) is 9.59 Å². The minimum absolute atomic E-state index is 0.0976. The zero-order valence-electron chi connectivity index (χ0n) is 14.6. The fourth-order valence-electron chi connectivity index (χ4n) is 2.70. The second-order valence-corrected chi connectivity index (χ2v) is 8.34. The van der Waals surface area contributed by atoms with Crippen molar-refractivity contribution in [2.45, 2.75) is 11.4 Å². The summed E-state index contributed by atoms with van der Waals surface area (Å²) in [6, 6.07) is 6.30. The summed E-state index contributed by atoms with van der Waals surface area (Å²) in [5, 5.41) is 2.50. The molecule has 3 rings (SSSR count). The predicted molar refractivity (Wildman–Crippen MR) is 100 cm³/mol. The highest BCUT2D eigenvalue weighted by atomic mass is 35.5. The van der Waals surface area contributed by atoms with Gasteiger partial charge in [-0.15, -0.1) is 0 Å². The van der Waals surface area contributed by atoms with Gasteiger partial charge in [0.25, 0.3) is 5.56 Å². The van der Waals surface area contributed by atoms with Crippen molar-refractivity contribution in [3.05, 3.63) is 57.7 Å². The summed E-state index contributed by atoms with van der Waals surface area (Å²) < 4.78 is 46.5. The first kappa shape index (κ1) is 20.5. The Labute approximate surface area is 165 Å². The molecule has 8 nitrogen and oxygen atoms in total. The van der Waals surface area contributed by atoms with Crippen LogP contribution in [-0.2, 0) is 26.1 Å². The molecule has 0 aliphatic carbocycles. The summed E-state index contributed by atoms with van der Waals surface area (Å²) in [7, 11) is -4.01. The molecule has 150 valence electrons. The van der Waals surface area contributed by atoms with E-state index in [4.69, 9.17) is 16.3 Å². The van der Waals surface area contributed by atoms with Crippen LogP contribution in [-0.4, -0.2) is 49.5 Å². The van der Waals surface area contributed by atoms with E-state index in [1.807, 2.05) is 0 Å². The number of aromatic nitrogens is 1. The second kappa shape index (κ2) is 8.39. The van der Waals surface area contributed by atoms with Gasteiger partial charge in [0, 0.05) is 24.3 Å². The number of nitrogens with zero attached hydrogens (tertiary/aromatic N) is 2. The molecule has 0 spiro atoms. The van der Waals surface area contributed by atoms with Gasteiger partial charge in [0.05, 0.1) is 18.9 Å². The Morgan fingerprint density at radius 3 is 2.64 bits per heavy atom. The third kappa shape index (κ3) is 4.41. The number of halogens is 2. The molecule has 28 heavy (non-hydrogen) atoms. The number of benzene rings is 1. The normalized spacial score (nSPS) is 15.4. The van der Waals surface area contributed by atoms with Crippen LogP contribution < -0.4 is 10.9 Å². The monoisotopic (exact) mass is 429 g/mol. The average Bonchev–Trinajstić information content (AvgIpc) is 2.66. The Bertz CT molecular complexity index is 1050. The SMILES string of the molecule is O=C(Cn1cccc(S(=O)(=O)N2CCOCC2)c1=O)Nc1ccc(Cl)cc1F. The van der Waals surface area contributed by atoms with Crippen LogP contribution in [0.25, 0.3) is 0 Å². The van der Waals surface area contributed by atoms with Gasteiger partial charge in [-0.2, -0.15) is 4.31 Å². The number of anilines is 1. The van der Waals surface area contributed by atoms with Gasteiger partial charge in [-0.05, 0) is 30.3 Å². The van der Waals surface area contributed by atoms with Crippen LogP contribution in [0.2, 0.25) is 5.02 Å². The lowest BCUT2D eigenvalue weighted by Crippen LogP contribution is -2.43. The van der Waals surface area contributed by atoms with Crippen LogP contribution in [0.1, 0.15) is 0 Å². The summed E-state index contributed by atoms with van der Waals surface area (Å²) in [6.45, 7) is 0.304. The zero-order valence-corrected chi connectivity index (χ0v) is 16.2. The number of carbonyl (C=O) groups excluding carboxylic acids is 1. The molecule has 0 atom stereocenters. The van der Waals surface area contributed by atoms with Gasteiger partial charge < -0.3 is 14.6 Å². The number of amides is 1. The largest absolute Gasteiger partial charge is 0.379 e. The standard InChI is InChI=1S/C17H17ClFN3O5S/c18-12-3-4-14(13(19)10-12)20-16(23)11-21-5-1-2-15(17(21)24)28(25,26)22-6-8-27-9-7-22/h1-5,10H,6-9,11H2,(H,20,23). The quantitative estimate of drug-likeness (QED) is 0.772. The molecule has 1 N–H and O–H groups in total. The summed E-state index contributed by atoms with van der Waals surface area (Å²) in [4.78, 5) is 24.4. The van der Waals surface area contributed by atoms with Crippen molar-refractivity contribution in [2.75, 3.05) is 31.6 Å². The number of ether oxygens (including phenoxy) is 1. The molecule has 1 fully saturated rings. The summed E-state index contributed by atoms with van der Waals surface area (Å²) in [5.74, 6) is -1.42. The molecule has 1 aliphatic heterocycles. The third-order valence-corrected chi connectivity index (χ3v) is 6.24. The molecule has 2 aromatic rings. The lowest BCUT2D eigenvalue weighted by Gasteiger charge is -2.25. The summed E-state index contributed by atoms with van der Waals surface area (Å²) in [6.07, 6.45) is 1.29. The van der Waals surface area contributed by atoms with Gasteiger partial charge in [-0.25, -0.2) is 12.8 Å². The van der Waals surface area contributed by atoms with Crippen molar-refractivity contribution >= 4 is 33.2 Å². The Morgan fingerprint density at radius 2 is 1.96 bits per heavy atom. The first-order chi connectivity index (χ1) is 13.3. The van der Waals surface area contributed by atoms with Crippen molar-refractivity contribution in [3.63, 3.8) is 0 Å². The minimum atomic E-state index is -4.01. The van der Waals surface area contributed by atoms with Crippen molar-refractivity contribution in [1.29, 1.82) is 0 Å². The van der Waals surface area contributed by atoms with E-state index in [0.717, 1.165) is 10.6 Å². The number of hydrogen-bond acceptors (Lipinski definition) is 5. The van der Waals surface area contributed by atoms with E-state index in [-0.39, 0.29) is 37.0 Å². The fourth-order valence-corrected chi connectivity index (χ4v) is 4.35. The first-order valence-electron chi connectivity index (χ1n) is 8.31. The molecule has 1 aliphatic rings. The fraction of sp³-hybridized carbons (Fsp3) is 0.294. The number of pyridine rings is 1. The lowest BCUT2D eigenvalue weighted by molar-refractivity contribution is -0.116. The highest BCUT2D eigenvalue weighted by molar-refractivity contribution is 7.89. The molecule has 0 saturated carbocycles. The molecule has 0 radical (unpaired) electrons. The average molecular weight is 430 g/mol. The number of sulfonamides is 1. The van der Waals surface area contributed by atoms with E-state index >= 15 is 0 Å². The van der Waals surface area contributed by atoms with Crippen LogP contribution in [0.4, 0.5) is 10.1 Å². The van der Waals surface area contributed by atoms with Crippen LogP contribution in [0.15, 0.2) is 46.2 Å². The van der Waals surface area contributed by atoms with Crippen molar-refractivity contribution in [1.82, 2.24) is 8.87 Å². The number of nitrogens with one attached hydrogen (secondary N) is 1. The lowest BCUT2D eigenvalue weighted by atomic mass is 10.3. The van der Waals surface area contributed by atoms with Crippen LogP contribution in [0.5, 0.6) is 0 Å². The molecule has 2 heterocycles. The predicted octanol–water partition coefficient (Wildman–Crippen LogP) is 1.30. The van der Waals surface area contributed by atoms with Gasteiger partial charge in [0.2, 0.25) is 15.9 Å². The number of morpholine rings is 1. The maximum atomic E-state index is 13.8. The minimum Gasteiger partial charge on any atom is -0.379 e. The molecule has 0 bridgehead atoms. The molecule has 0 unspecified atom stereocenters.